The number of rotatable bonds is 5. The standard InChI is InChI=1S/C21H27N/c1-17(15-22-16-18-10-6-5-7-11-18)14-19-12-8-9-13-20(19)21(2,3)4/h5-13,15,22H,14,16H2,1-4H3. The summed E-state index contributed by atoms with van der Waals surface area (Å²) in [4.78, 5) is 0. The van der Waals surface area contributed by atoms with Crippen LogP contribution in [0.4, 0.5) is 0 Å². The van der Waals surface area contributed by atoms with E-state index in [-0.39, 0.29) is 5.41 Å². The number of nitrogens with one attached hydrogen (secondary N) is 1. The van der Waals surface area contributed by atoms with E-state index in [1.165, 1.54) is 22.3 Å². The number of hydrogen-bond acceptors (Lipinski definition) is 1. The molecule has 0 atom stereocenters. The monoisotopic (exact) mass is 293 g/mol. The quantitative estimate of drug-likeness (QED) is 0.797. The third-order valence-electron chi connectivity index (χ3n) is 3.79. The Morgan fingerprint density at radius 1 is 0.955 bits per heavy atom. The summed E-state index contributed by atoms with van der Waals surface area (Å²) in [5.74, 6) is 0. The molecule has 22 heavy (non-hydrogen) atoms. The molecule has 0 saturated carbocycles. The third-order valence-corrected chi connectivity index (χ3v) is 3.79. The minimum Gasteiger partial charge on any atom is -0.387 e. The fourth-order valence-corrected chi connectivity index (χ4v) is 2.70. The van der Waals surface area contributed by atoms with Gasteiger partial charge in [-0.2, -0.15) is 0 Å². The van der Waals surface area contributed by atoms with E-state index in [9.17, 15) is 0 Å². The molecule has 0 aliphatic rings. The van der Waals surface area contributed by atoms with Crippen molar-refractivity contribution < 1.29 is 0 Å². The third kappa shape index (κ3) is 4.77. The van der Waals surface area contributed by atoms with E-state index in [0.29, 0.717) is 0 Å². The second-order valence-corrected chi connectivity index (χ2v) is 6.94. The molecule has 1 heteroatoms. The minimum atomic E-state index is 0.189. The molecule has 0 amide bonds. The molecule has 0 bridgehead atoms. The van der Waals surface area contributed by atoms with Crippen LogP contribution in [0.25, 0.3) is 0 Å². The fourth-order valence-electron chi connectivity index (χ4n) is 2.70. The van der Waals surface area contributed by atoms with Crippen LogP contribution in [0.15, 0.2) is 66.4 Å². The number of hydrogen-bond donors (Lipinski definition) is 1. The zero-order chi connectivity index (χ0) is 16.0. The van der Waals surface area contributed by atoms with E-state index in [1.54, 1.807) is 0 Å². The molecule has 0 aliphatic carbocycles. The van der Waals surface area contributed by atoms with Gasteiger partial charge in [0.2, 0.25) is 0 Å². The van der Waals surface area contributed by atoms with Crippen molar-refractivity contribution in [2.24, 2.45) is 0 Å². The van der Waals surface area contributed by atoms with Crippen LogP contribution < -0.4 is 5.32 Å². The molecule has 1 N–H and O–H groups in total. The molecule has 116 valence electrons. The van der Waals surface area contributed by atoms with Crippen LogP contribution in [0, 0.1) is 0 Å². The molecule has 0 spiro atoms. The summed E-state index contributed by atoms with van der Waals surface area (Å²) < 4.78 is 0. The van der Waals surface area contributed by atoms with Gasteiger partial charge in [0.25, 0.3) is 0 Å². The van der Waals surface area contributed by atoms with Crippen LogP contribution in [0.1, 0.15) is 44.4 Å². The summed E-state index contributed by atoms with van der Waals surface area (Å²) in [6.07, 6.45) is 3.14. The highest BCUT2D eigenvalue weighted by Gasteiger charge is 2.17. The van der Waals surface area contributed by atoms with Gasteiger partial charge in [-0.25, -0.2) is 0 Å². The molecule has 0 aromatic heterocycles. The average Bonchev–Trinajstić information content (AvgIpc) is 2.48. The molecule has 1 nitrogen and oxygen atoms in total. The van der Waals surface area contributed by atoms with Crippen molar-refractivity contribution in [3.05, 3.63) is 83.1 Å². The highest BCUT2D eigenvalue weighted by atomic mass is 14.8. The zero-order valence-electron chi connectivity index (χ0n) is 14.2. The summed E-state index contributed by atoms with van der Waals surface area (Å²) >= 11 is 0. The Morgan fingerprint density at radius 3 is 2.27 bits per heavy atom. The second-order valence-electron chi connectivity index (χ2n) is 6.94. The Balaban J connectivity index is 2.00. The molecular weight excluding hydrogens is 266 g/mol. The van der Waals surface area contributed by atoms with Gasteiger partial charge in [0.05, 0.1) is 0 Å². The molecule has 2 rings (SSSR count). The van der Waals surface area contributed by atoms with Gasteiger partial charge >= 0.3 is 0 Å². The van der Waals surface area contributed by atoms with Crippen LogP contribution in [-0.4, -0.2) is 0 Å². The van der Waals surface area contributed by atoms with Crippen molar-refractivity contribution in [3.63, 3.8) is 0 Å². The van der Waals surface area contributed by atoms with Crippen LogP contribution in [0.2, 0.25) is 0 Å². The smallest absolute Gasteiger partial charge is 0.0395 e. The Bertz CT molecular complexity index is 618. The average molecular weight is 293 g/mol. The van der Waals surface area contributed by atoms with Gasteiger partial charge in [-0.15, -0.1) is 0 Å². The largest absolute Gasteiger partial charge is 0.387 e. The number of allylic oxidation sites excluding steroid dienone is 1. The van der Waals surface area contributed by atoms with Gasteiger partial charge in [0.1, 0.15) is 0 Å². The van der Waals surface area contributed by atoms with E-state index in [2.05, 4.69) is 87.7 Å². The Morgan fingerprint density at radius 2 is 1.59 bits per heavy atom. The van der Waals surface area contributed by atoms with Crippen molar-refractivity contribution in [1.82, 2.24) is 5.32 Å². The lowest BCUT2D eigenvalue weighted by Crippen LogP contribution is -2.14. The van der Waals surface area contributed by atoms with Gasteiger partial charge in [-0.1, -0.05) is 80.9 Å². The van der Waals surface area contributed by atoms with Crippen LogP contribution in [0.3, 0.4) is 0 Å². The van der Waals surface area contributed by atoms with Crippen molar-refractivity contribution in [3.8, 4) is 0 Å². The molecular formula is C21H27N. The number of benzene rings is 2. The van der Waals surface area contributed by atoms with Crippen LogP contribution in [-0.2, 0) is 18.4 Å². The summed E-state index contributed by atoms with van der Waals surface area (Å²) in [7, 11) is 0. The summed E-state index contributed by atoms with van der Waals surface area (Å²) in [6.45, 7) is 9.89. The van der Waals surface area contributed by atoms with Crippen LogP contribution >= 0.6 is 0 Å². The zero-order valence-corrected chi connectivity index (χ0v) is 14.2. The van der Waals surface area contributed by atoms with Crippen molar-refractivity contribution in [1.29, 1.82) is 0 Å². The molecule has 0 saturated heterocycles. The maximum absolute atomic E-state index is 3.42. The van der Waals surface area contributed by atoms with Crippen molar-refractivity contribution >= 4 is 0 Å². The Labute approximate surface area is 135 Å². The lowest BCUT2D eigenvalue weighted by Gasteiger charge is -2.23. The van der Waals surface area contributed by atoms with E-state index in [0.717, 1.165) is 13.0 Å². The molecule has 0 fully saturated rings. The Hall–Kier alpha value is -2.02. The van der Waals surface area contributed by atoms with Gasteiger partial charge in [-0.3, -0.25) is 0 Å². The lowest BCUT2D eigenvalue weighted by molar-refractivity contribution is 0.584. The van der Waals surface area contributed by atoms with Gasteiger partial charge < -0.3 is 5.32 Å². The van der Waals surface area contributed by atoms with Gasteiger partial charge in [0.15, 0.2) is 0 Å². The first-order valence-electron chi connectivity index (χ1n) is 7.98. The predicted octanol–water partition coefficient (Wildman–Crippen LogP) is 5.22. The van der Waals surface area contributed by atoms with Gasteiger partial charge in [0, 0.05) is 6.54 Å². The van der Waals surface area contributed by atoms with E-state index < -0.39 is 0 Å². The molecule has 0 unspecified atom stereocenters. The molecule has 0 heterocycles. The van der Waals surface area contributed by atoms with E-state index >= 15 is 0 Å². The van der Waals surface area contributed by atoms with Crippen molar-refractivity contribution in [2.45, 2.75) is 46.1 Å². The van der Waals surface area contributed by atoms with Crippen molar-refractivity contribution in [2.75, 3.05) is 0 Å². The highest BCUT2D eigenvalue weighted by Crippen LogP contribution is 2.27. The Kier molecular flexibility index (Phi) is 5.43. The molecule has 2 aromatic carbocycles. The topological polar surface area (TPSA) is 12.0 Å². The van der Waals surface area contributed by atoms with E-state index in [4.69, 9.17) is 0 Å². The molecule has 2 aromatic rings. The highest BCUT2D eigenvalue weighted by molar-refractivity contribution is 5.35. The first-order chi connectivity index (χ1) is 10.5. The van der Waals surface area contributed by atoms with Gasteiger partial charge in [-0.05, 0) is 41.6 Å². The summed E-state index contributed by atoms with van der Waals surface area (Å²) in [6, 6.07) is 19.3. The summed E-state index contributed by atoms with van der Waals surface area (Å²) in [5, 5.41) is 3.42. The normalized spacial score (nSPS) is 12.3. The minimum absolute atomic E-state index is 0.189. The first-order valence-corrected chi connectivity index (χ1v) is 7.98. The fraction of sp³-hybridized carbons (Fsp3) is 0.333. The van der Waals surface area contributed by atoms with Crippen LogP contribution in [0.5, 0.6) is 0 Å². The van der Waals surface area contributed by atoms with E-state index in [1.807, 2.05) is 6.07 Å². The maximum atomic E-state index is 3.42. The maximum Gasteiger partial charge on any atom is 0.0395 e. The predicted molar refractivity (Wildman–Crippen MR) is 95.9 cm³/mol. The summed E-state index contributed by atoms with van der Waals surface area (Å²) in [5.41, 5.74) is 5.71. The SMILES string of the molecule is CC(=CNCc1ccccc1)Cc1ccccc1C(C)(C)C. The first kappa shape index (κ1) is 16.4. The molecule has 0 aliphatic heterocycles. The molecule has 0 radical (unpaired) electrons. The second kappa shape index (κ2) is 7.31. The lowest BCUT2D eigenvalue weighted by atomic mass is 9.82.